The molecule has 0 saturated carbocycles. The maximum Gasteiger partial charge on any atom is 0.162 e. The van der Waals surface area contributed by atoms with E-state index in [0.29, 0.717) is 12.0 Å². The second-order valence-corrected chi connectivity index (χ2v) is 7.76. The van der Waals surface area contributed by atoms with Crippen molar-refractivity contribution >= 4 is 17.1 Å². The van der Waals surface area contributed by atoms with Gasteiger partial charge < -0.3 is 5.32 Å². The highest BCUT2D eigenvalue weighted by atomic mass is 32.1. The van der Waals surface area contributed by atoms with Gasteiger partial charge in [0.15, 0.2) is 5.78 Å². The molecule has 1 aromatic rings. The van der Waals surface area contributed by atoms with Crippen molar-refractivity contribution in [1.29, 1.82) is 5.26 Å². The van der Waals surface area contributed by atoms with Crippen molar-refractivity contribution in [1.82, 2.24) is 10.3 Å². The Balaban J connectivity index is 2.17. The molecule has 1 aliphatic carbocycles. The lowest BCUT2D eigenvalue weighted by Crippen LogP contribution is -2.36. The SMILES string of the molecule is CC1=C(C#N)C(c2nc(C)cs2)C2=C(CC(C)(C)CC2=O)N1. The molecular formula is C17H19N3OS. The zero-order valence-corrected chi connectivity index (χ0v) is 14.1. The summed E-state index contributed by atoms with van der Waals surface area (Å²) in [5.74, 6) is -0.166. The first-order chi connectivity index (χ1) is 10.3. The van der Waals surface area contributed by atoms with Crippen molar-refractivity contribution in [2.24, 2.45) is 5.41 Å². The number of ketones is 1. The van der Waals surface area contributed by atoms with Gasteiger partial charge in [-0.1, -0.05) is 13.8 Å². The van der Waals surface area contributed by atoms with Crippen molar-refractivity contribution in [3.63, 3.8) is 0 Å². The molecule has 22 heavy (non-hydrogen) atoms. The summed E-state index contributed by atoms with van der Waals surface area (Å²) < 4.78 is 0. The van der Waals surface area contributed by atoms with E-state index in [4.69, 9.17) is 0 Å². The maximum absolute atomic E-state index is 12.7. The highest BCUT2D eigenvalue weighted by Gasteiger charge is 2.42. The first-order valence-electron chi connectivity index (χ1n) is 7.38. The monoisotopic (exact) mass is 313 g/mol. The number of hydrogen-bond acceptors (Lipinski definition) is 5. The highest BCUT2D eigenvalue weighted by Crippen LogP contribution is 2.46. The molecule has 3 rings (SSSR count). The molecule has 0 bridgehead atoms. The van der Waals surface area contributed by atoms with Crippen molar-refractivity contribution < 1.29 is 4.79 Å². The number of carbonyl (C=O) groups excluding carboxylic acids is 1. The van der Waals surface area contributed by atoms with Gasteiger partial charge in [-0.25, -0.2) is 4.98 Å². The highest BCUT2D eigenvalue weighted by molar-refractivity contribution is 7.09. The zero-order valence-electron chi connectivity index (χ0n) is 13.3. The lowest BCUT2D eigenvalue weighted by atomic mass is 9.70. The third-order valence-electron chi connectivity index (χ3n) is 4.24. The molecule has 4 nitrogen and oxygen atoms in total. The molecule has 1 aliphatic heterocycles. The first-order valence-corrected chi connectivity index (χ1v) is 8.26. The lowest BCUT2D eigenvalue weighted by molar-refractivity contribution is -0.118. The largest absolute Gasteiger partial charge is 0.361 e. The van der Waals surface area contributed by atoms with Gasteiger partial charge in [-0.3, -0.25) is 4.79 Å². The van der Waals surface area contributed by atoms with Crippen LogP contribution in [0.4, 0.5) is 0 Å². The van der Waals surface area contributed by atoms with Gasteiger partial charge in [0.25, 0.3) is 0 Å². The molecule has 1 N–H and O–H groups in total. The van der Waals surface area contributed by atoms with Crippen LogP contribution in [0.15, 0.2) is 27.9 Å². The summed E-state index contributed by atoms with van der Waals surface area (Å²) in [5, 5.41) is 15.7. The van der Waals surface area contributed by atoms with Crippen LogP contribution in [0.3, 0.4) is 0 Å². The number of Topliss-reactive ketones (excluding diaryl/α,β-unsaturated/α-hetero) is 1. The first kappa shape index (κ1) is 15.0. The molecule has 2 heterocycles. The van der Waals surface area contributed by atoms with E-state index in [1.54, 1.807) is 0 Å². The summed E-state index contributed by atoms with van der Waals surface area (Å²) in [5.41, 5.74) is 4.05. The molecule has 0 spiro atoms. The van der Waals surface area contributed by atoms with E-state index < -0.39 is 0 Å². The molecule has 0 aromatic carbocycles. The fourth-order valence-corrected chi connectivity index (χ4v) is 4.25. The van der Waals surface area contributed by atoms with Crippen molar-refractivity contribution in [3.05, 3.63) is 38.6 Å². The lowest BCUT2D eigenvalue weighted by Gasteiger charge is -2.38. The molecule has 0 amide bonds. The number of hydrogen-bond donors (Lipinski definition) is 1. The molecular weight excluding hydrogens is 294 g/mol. The molecule has 1 atom stereocenters. The van der Waals surface area contributed by atoms with Crippen LogP contribution in [0.5, 0.6) is 0 Å². The van der Waals surface area contributed by atoms with Crippen LogP contribution in [0.1, 0.15) is 50.2 Å². The normalized spacial score (nSPS) is 24.0. The van der Waals surface area contributed by atoms with Gasteiger partial charge in [0.2, 0.25) is 0 Å². The predicted molar refractivity (Wildman–Crippen MR) is 86.1 cm³/mol. The second kappa shape index (κ2) is 5.06. The number of dihydropyridines is 1. The maximum atomic E-state index is 12.7. The molecule has 5 heteroatoms. The Morgan fingerprint density at radius 3 is 2.73 bits per heavy atom. The number of aryl methyl sites for hydroxylation is 1. The van der Waals surface area contributed by atoms with Crippen LogP contribution < -0.4 is 5.32 Å². The van der Waals surface area contributed by atoms with Gasteiger partial charge in [-0.05, 0) is 25.7 Å². The van der Waals surface area contributed by atoms with Crippen LogP contribution >= 0.6 is 11.3 Å². The number of nitriles is 1. The zero-order chi connectivity index (χ0) is 16.1. The van der Waals surface area contributed by atoms with Gasteiger partial charge in [0.1, 0.15) is 5.01 Å². The number of nitrogens with zero attached hydrogens (tertiary/aromatic N) is 2. The van der Waals surface area contributed by atoms with Gasteiger partial charge in [-0.2, -0.15) is 5.26 Å². The van der Waals surface area contributed by atoms with Crippen molar-refractivity contribution in [2.75, 3.05) is 0 Å². The van der Waals surface area contributed by atoms with E-state index in [2.05, 4.69) is 30.2 Å². The minimum absolute atomic E-state index is 0.0450. The predicted octanol–water partition coefficient (Wildman–Crippen LogP) is 3.58. The van der Waals surface area contributed by atoms with Crippen LogP contribution in [0.25, 0.3) is 0 Å². The molecule has 1 unspecified atom stereocenters. The summed E-state index contributed by atoms with van der Waals surface area (Å²) in [6.45, 7) is 8.06. The Hall–Kier alpha value is -1.93. The molecule has 0 saturated heterocycles. The molecule has 1 aromatic heterocycles. The Morgan fingerprint density at radius 2 is 2.14 bits per heavy atom. The van der Waals surface area contributed by atoms with Gasteiger partial charge in [0.05, 0.1) is 17.6 Å². The van der Waals surface area contributed by atoms with E-state index in [9.17, 15) is 10.1 Å². The third-order valence-corrected chi connectivity index (χ3v) is 5.27. The summed E-state index contributed by atoms with van der Waals surface area (Å²) in [6, 6.07) is 2.28. The Kier molecular flexibility index (Phi) is 3.45. The van der Waals surface area contributed by atoms with Crippen molar-refractivity contribution in [3.8, 4) is 6.07 Å². The van der Waals surface area contributed by atoms with Crippen LogP contribution in [-0.4, -0.2) is 10.8 Å². The number of carbonyl (C=O) groups is 1. The number of nitrogens with one attached hydrogen (secondary N) is 1. The molecule has 0 fully saturated rings. The number of rotatable bonds is 1. The third kappa shape index (κ3) is 2.38. The summed E-state index contributed by atoms with van der Waals surface area (Å²) >= 11 is 1.52. The number of allylic oxidation sites excluding steroid dienone is 4. The van der Waals surface area contributed by atoms with Crippen LogP contribution in [0, 0.1) is 23.7 Å². The minimum Gasteiger partial charge on any atom is -0.361 e. The minimum atomic E-state index is -0.302. The molecule has 0 radical (unpaired) electrons. The Morgan fingerprint density at radius 1 is 1.41 bits per heavy atom. The summed E-state index contributed by atoms with van der Waals surface area (Å²) in [7, 11) is 0. The quantitative estimate of drug-likeness (QED) is 0.860. The van der Waals surface area contributed by atoms with Gasteiger partial charge in [0, 0.05) is 34.5 Å². The fourth-order valence-electron chi connectivity index (χ4n) is 3.34. The Bertz CT molecular complexity index is 761. The van der Waals surface area contributed by atoms with E-state index in [1.165, 1.54) is 11.3 Å². The second-order valence-electron chi connectivity index (χ2n) is 6.87. The smallest absolute Gasteiger partial charge is 0.162 e. The van der Waals surface area contributed by atoms with Crippen molar-refractivity contribution in [2.45, 2.75) is 46.5 Å². The van der Waals surface area contributed by atoms with Crippen LogP contribution in [-0.2, 0) is 4.79 Å². The van der Waals surface area contributed by atoms with E-state index in [-0.39, 0.29) is 17.1 Å². The van der Waals surface area contributed by atoms with E-state index in [0.717, 1.165) is 34.1 Å². The molecule has 114 valence electrons. The number of aromatic nitrogens is 1. The fraction of sp³-hybridized carbons (Fsp3) is 0.471. The summed E-state index contributed by atoms with van der Waals surface area (Å²) in [6.07, 6.45) is 1.34. The topological polar surface area (TPSA) is 65.8 Å². The number of thiazole rings is 1. The Labute approximate surface area is 134 Å². The van der Waals surface area contributed by atoms with E-state index in [1.807, 2.05) is 19.2 Å². The summed E-state index contributed by atoms with van der Waals surface area (Å²) in [4.78, 5) is 17.3. The standard InChI is InChI=1S/C17H19N3OS/c1-9-8-22-16(19-9)14-11(7-18)10(2)20-12-5-17(3,4)6-13(21)15(12)14/h8,14,20H,5-6H2,1-4H3. The van der Waals surface area contributed by atoms with Gasteiger partial charge >= 0.3 is 0 Å². The molecule has 2 aliphatic rings. The average Bonchev–Trinajstić information content (AvgIpc) is 2.82. The van der Waals surface area contributed by atoms with Crippen LogP contribution in [0.2, 0.25) is 0 Å². The van der Waals surface area contributed by atoms with E-state index >= 15 is 0 Å². The van der Waals surface area contributed by atoms with Gasteiger partial charge in [-0.15, -0.1) is 11.3 Å². The average molecular weight is 313 g/mol.